The molecule has 0 bridgehead atoms. The van der Waals surface area contributed by atoms with Crippen LogP contribution in [-0.4, -0.2) is 18.7 Å². The second-order valence-corrected chi connectivity index (χ2v) is 4.44. The number of hydrogen-bond donors (Lipinski definition) is 1. The highest BCUT2D eigenvalue weighted by Gasteiger charge is 2.05. The fraction of sp³-hybridized carbons (Fsp3) is 0.0667. The van der Waals surface area contributed by atoms with Gasteiger partial charge in [0.1, 0.15) is 0 Å². The zero-order valence-electron chi connectivity index (χ0n) is 10.9. The first-order chi connectivity index (χ1) is 10.2. The first-order valence-electron chi connectivity index (χ1n) is 6.10. The molecule has 2 aromatic carbocycles. The van der Waals surface area contributed by atoms with Gasteiger partial charge in [0.05, 0.1) is 6.21 Å². The maximum atomic E-state index is 13.3. The SMILES string of the molecule is O=C(COc1ccccc1F)N/N=C/c1ccccc1Cl. The number of rotatable bonds is 5. The highest BCUT2D eigenvalue weighted by Crippen LogP contribution is 2.15. The van der Waals surface area contributed by atoms with E-state index in [1.165, 1.54) is 24.4 Å². The molecule has 0 unspecified atom stereocenters. The summed E-state index contributed by atoms with van der Waals surface area (Å²) >= 11 is 5.93. The smallest absolute Gasteiger partial charge is 0.277 e. The number of halogens is 2. The highest BCUT2D eigenvalue weighted by molar-refractivity contribution is 6.33. The third-order valence-electron chi connectivity index (χ3n) is 2.49. The summed E-state index contributed by atoms with van der Waals surface area (Å²) in [5.41, 5.74) is 2.95. The number of nitrogens with zero attached hydrogens (tertiary/aromatic N) is 1. The van der Waals surface area contributed by atoms with Crippen LogP contribution in [0.25, 0.3) is 0 Å². The number of para-hydroxylation sites is 1. The number of carbonyl (C=O) groups is 1. The van der Waals surface area contributed by atoms with Gasteiger partial charge in [0.2, 0.25) is 0 Å². The van der Waals surface area contributed by atoms with E-state index < -0.39 is 11.7 Å². The van der Waals surface area contributed by atoms with Crippen molar-refractivity contribution in [2.24, 2.45) is 5.10 Å². The van der Waals surface area contributed by atoms with Crippen LogP contribution in [0.4, 0.5) is 4.39 Å². The molecule has 2 aromatic rings. The molecule has 2 rings (SSSR count). The Morgan fingerprint density at radius 3 is 2.71 bits per heavy atom. The van der Waals surface area contributed by atoms with Gasteiger partial charge in [0.15, 0.2) is 18.2 Å². The third-order valence-corrected chi connectivity index (χ3v) is 2.84. The third kappa shape index (κ3) is 4.57. The summed E-state index contributed by atoms with van der Waals surface area (Å²) in [7, 11) is 0. The monoisotopic (exact) mass is 306 g/mol. The molecule has 0 heterocycles. The maximum absolute atomic E-state index is 13.3. The molecule has 4 nitrogen and oxygen atoms in total. The Kier molecular flexibility index (Phi) is 5.29. The molecule has 0 aliphatic rings. The number of hydrazone groups is 1. The van der Waals surface area contributed by atoms with Crippen molar-refractivity contribution in [3.63, 3.8) is 0 Å². The minimum Gasteiger partial charge on any atom is -0.481 e. The molecule has 6 heteroatoms. The van der Waals surface area contributed by atoms with Gasteiger partial charge in [-0.15, -0.1) is 0 Å². The number of hydrogen-bond acceptors (Lipinski definition) is 3. The standard InChI is InChI=1S/C15H12ClFN2O2/c16-12-6-2-1-5-11(12)9-18-19-15(20)10-21-14-8-4-3-7-13(14)17/h1-9H,10H2,(H,19,20)/b18-9+. The summed E-state index contributed by atoms with van der Waals surface area (Å²) < 4.78 is 18.3. The average molecular weight is 307 g/mol. The molecule has 1 amide bonds. The van der Waals surface area contributed by atoms with Gasteiger partial charge >= 0.3 is 0 Å². The highest BCUT2D eigenvalue weighted by atomic mass is 35.5. The second-order valence-electron chi connectivity index (χ2n) is 4.03. The van der Waals surface area contributed by atoms with Crippen LogP contribution < -0.4 is 10.2 Å². The Morgan fingerprint density at radius 1 is 1.24 bits per heavy atom. The summed E-state index contributed by atoms with van der Waals surface area (Å²) in [4.78, 5) is 11.5. The summed E-state index contributed by atoms with van der Waals surface area (Å²) in [5, 5.41) is 4.28. The molecule has 0 fully saturated rings. The average Bonchev–Trinajstić information content (AvgIpc) is 2.48. The van der Waals surface area contributed by atoms with Crippen LogP contribution >= 0.6 is 11.6 Å². The molecule has 0 aromatic heterocycles. The Labute approximate surface area is 126 Å². The Bertz CT molecular complexity index is 662. The van der Waals surface area contributed by atoms with Crippen LogP contribution in [0.2, 0.25) is 5.02 Å². The fourth-order valence-electron chi connectivity index (χ4n) is 1.49. The number of amides is 1. The molecule has 0 aliphatic carbocycles. The molecule has 0 radical (unpaired) electrons. The number of nitrogens with one attached hydrogen (secondary N) is 1. The van der Waals surface area contributed by atoms with Gasteiger partial charge in [-0.05, 0) is 18.2 Å². The lowest BCUT2D eigenvalue weighted by atomic mass is 10.2. The van der Waals surface area contributed by atoms with Gasteiger partial charge in [0, 0.05) is 10.6 Å². The van der Waals surface area contributed by atoms with E-state index in [2.05, 4.69) is 10.5 Å². The van der Waals surface area contributed by atoms with Gasteiger partial charge in [-0.3, -0.25) is 4.79 Å². The first kappa shape index (κ1) is 15.0. The summed E-state index contributed by atoms with van der Waals surface area (Å²) in [6.45, 7) is -0.333. The lowest BCUT2D eigenvalue weighted by Gasteiger charge is -2.05. The van der Waals surface area contributed by atoms with Gasteiger partial charge in [-0.2, -0.15) is 5.10 Å². The summed E-state index contributed by atoms with van der Waals surface area (Å²) in [5.74, 6) is -1.01. The molecule has 0 saturated heterocycles. The van der Waals surface area contributed by atoms with Gasteiger partial charge in [-0.1, -0.05) is 41.9 Å². The van der Waals surface area contributed by atoms with Crippen LogP contribution in [0.5, 0.6) is 5.75 Å². The molecular weight excluding hydrogens is 295 g/mol. The van der Waals surface area contributed by atoms with E-state index in [-0.39, 0.29) is 12.4 Å². The van der Waals surface area contributed by atoms with Crippen molar-refractivity contribution < 1.29 is 13.9 Å². The molecular formula is C15H12ClFN2O2. The zero-order valence-corrected chi connectivity index (χ0v) is 11.7. The molecule has 0 spiro atoms. The molecule has 1 N–H and O–H groups in total. The Hall–Kier alpha value is -2.40. The topological polar surface area (TPSA) is 50.7 Å². The van der Waals surface area contributed by atoms with Crippen molar-refractivity contribution in [2.45, 2.75) is 0 Å². The van der Waals surface area contributed by atoms with Crippen LogP contribution in [-0.2, 0) is 4.79 Å². The van der Waals surface area contributed by atoms with Crippen molar-refractivity contribution in [1.29, 1.82) is 0 Å². The first-order valence-corrected chi connectivity index (χ1v) is 6.48. The van der Waals surface area contributed by atoms with Crippen molar-refractivity contribution in [3.8, 4) is 5.75 Å². The number of carbonyl (C=O) groups excluding carboxylic acids is 1. The Morgan fingerprint density at radius 2 is 1.95 bits per heavy atom. The fourth-order valence-corrected chi connectivity index (χ4v) is 1.68. The Balaban J connectivity index is 1.83. The molecule has 108 valence electrons. The van der Waals surface area contributed by atoms with E-state index in [1.807, 2.05) is 0 Å². The zero-order chi connectivity index (χ0) is 15.1. The van der Waals surface area contributed by atoms with E-state index in [1.54, 1.807) is 30.3 Å². The van der Waals surface area contributed by atoms with Gasteiger partial charge in [0.25, 0.3) is 5.91 Å². The van der Waals surface area contributed by atoms with Crippen LogP contribution in [0.1, 0.15) is 5.56 Å². The van der Waals surface area contributed by atoms with Crippen molar-refractivity contribution in [1.82, 2.24) is 5.43 Å². The predicted octanol–water partition coefficient (Wildman–Crippen LogP) is 3.01. The van der Waals surface area contributed by atoms with Gasteiger partial charge < -0.3 is 4.74 Å². The minimum absolute atomic E-state index is 0.0164. The second kappa shape index (κ2) is 7.40. The summed E-state index contributed by atoms with van der Waals surface area (Å²) in [6, 6.07) is 12.9. The minimum atomic E-state index is -0.523. The molecule has 0 atom stereocenters. The van der Waals surface area contributed by atoms with Gasteiger partial charge in [-0.25, -0.2) is 9.82 Å². The maximum Gasteiger partial charge on any atom is 0.277 e. The van der Waals surface area contributed by atoms with E-state index in [4.69, 9.17) is 16.3 Å². The van der Waals surface area contributed by atoms with Crippen LogP contribution in [0, 0.1) is 5.82 Å². The molecule has 0 aliphatic heterocycles. The number of benzene rings is 2. The van der Waals surface area contributed by atoms with Crippen molar-refractivity contribution in [3.05, 3.63) is 64.9 Å². The van der Waals surface area contributed by atoms with E-state index in [9.17, 15) is 9.18 Å². The summed E-state index contributed by atoms with van der Waals surface area (Å²) in [6.07, 6.45) is 1.42. The predicted molar refractivity (Wildman–Crippen MR) is 79.1 cm³/mol. The van der Waals surface area contributed by atoms with Crippen LogP contribution in [0.15, 0.2) is 53.6 Å². The van der Waals surface area contributed by atoms with Crippen LogP contribution in [0.3, 0.4) is 0 Å². The van der Waals surface area contributed by atoms with E-state index in [0.717, 1.165) is 0 Å². The van der Waals surface area contributed by atoms with E-state index in [0.29, 0.717) is 10.6 Å². The lowest BCUT2D eigenvalue weighted by Crippen LogP contribution is -2.24. The number of ether oxygens (including phenoxy) is 1. The molecule has 21 heavy (non-hydrogen) atoms. The normalized spacial score (nSPS) is 10.6. The van der Waals surface area contributed by atoms with Crippen molar-refractivity contribution in [2.75, 3.05) is 6.61 Å². The molecule has 0 saturated carbocycles. The lowest BCUT2D eigenvalue weighted by molar-refractivity contribution is -0.123. The largest absolute Gasteiger partial charge is 0.481 e. The van der Waals surface area contributed by atoms with E-state index >= 15 is 0 Å². The quantitative estimate of drug-likeness (QED) is 0.682. The van der Waals surface area contributed by atoms with Crippen molar-refractivity contribution >= 4 is 23.7 Å².